The van der Waals surface area contributed by atoms with Crippen molar-refractivity contribution in [3.63, 3.8) is 0 Å². The molecule has 1 aliphatic heterocycles. The van der Waals surface area contributed by atoms with E-state index in [1.807, 2.05) is 28.8 Å². The first-order valence-corrected chi connectivity index (χ1v) is 10.1. The van der Waals surface area contributed by atoms with E-state index < -0.39 is 0 Å². The molecule has 2 aromatic heterocycles. The van der Waals surface area contributed by atoms with Gasteiger partial charge >= 0.3 is 0 Å². The fourth-order valence-electron chi connectivity index (χ4n) is 3.25. The van der Waals surface area contributed by atoms with Crippen molar-refractivity contribution in [2.45, 2.75) is 6.42 Å². The van der Waals surface area contributed by atoms with Gasteiger partial charge in [0.2, 0.25) is 0 Å². The SMILES string of the molecule is NC(=S)c1ccc(-c2cccc(Br)c2)n2nc(CCN3CCOCC3)nc12. The van der Waals surface area contributed by atoms with E-state index in [0.717, 1.165) is 66.4 Å². The van der Waals surface area contributed by atoms with Gasteiger partial charge in [0.05, 0.1) is 24.5 Å². The summed E-state index contributed by atoms with van der Waals surface area (Å²) in [7, 11) is 0. The molecule has 3 heterocycles. The quantitative estimate of drug-likeness (QED) is 0.608. The molecular formula is C19H20BrN5OS. The molecule has 1 aliphatic rings. The molecule has 2 N–H and O–H groups in total. The molecule has 6 nitrogen and oxygen atoms in total. The Morgan fingerprint density at radius 3 is 2.78 bits per heavy atom. The molecule has 4 rings (SSSR count). The van der Waals surface area contributed by atoms with Crippen molar-refractivity contribution in [2.24, 2.45) is 5.73 Å². The molecule has 0 aliphatic carbocycles. The lowest BCUT2D eigenvalue weighted by Gasteiger charge is -2.25. The monoisotopic (exact) mass is 445 g/mol. The Bertz CT molecular complexity index is 983. The summed E-state index contributed by atoms with van der Waals surface area (Å²) in [6, 6.07) is 12.0. The smallest absolute Gasteiger partial charge is 0.166 e. The summed E-state index contributed by atoms with van der Waals surface area (Å²) in [6.45, 7) is 4.40. The lowest BCUT2D eigenvalue weighted by Crippen LogP contribution is -2.37. The first-order valence-electron chi connectivity index (χ1n) is 8.86. The highest BCUT2D eigenvalue weighted by atomic mass is 79.9. The normalized spacial score (nSPS) is 15.3. The third-order valence-electron chi connectivity index (χ3n) is 4.67. The molecule has 3 aromatic rings. The predicted molar refractivity (Wildman–Crippen MR) is 113 cm³/mol. The van der Waals surface area contributed by atoms with Crippen molar-refractivity contribution in [3.8, 4) is 11.3 Å². The van der Waals surface area contributed by atoms with E-state index in [4.69, 9.17) is 32.8 Å². The zero-order valence-corrected chi connectivity index (χ0v) is 17.2. The molecule has 0 radical (unpaired) electrons. The minimum absolute atomic E-state index is 0.327. The van der Waals surface area contributed by atoms with Gasteiger partial charge in [0.25, 0.3) is 0 Å². The van der Waals surface area contributed by atoms with Gasteiger partial charge in [-0.3, -0.25) is 4.90 Å². The van der Waals surface area contributed by atoms with Crippen LogP contribution in [0, 0.1) is 0 Å². The lowest BCUT2D eigenvalue weighted by molar-refractivity contribution is 0.0382. The topological polar surface area (TPSA) is 68.7 Å². The second-order valence-corrected chi connectivity index (χ2v) is 7.83. The van der Waals surface area contributed by atoms with E-state index in [9.17, 15) is 0 Å². The number of aromatic nitrogens is 3. The standard InChI is InChI=1S/C19H20BrN5OS/c20-14-3-1-2-13(12-14)16-5-4-15(18(21)27)19-22-17(23-25(16)19)6-7-24-8-10-26-11-9-24/h1-5,12H,6-11H2,(H2,21,27). The van der Waals surface area contributed by atoms with Crippen molar-refractivity contribution < 1.29 is 4.74 Å². The van der Waals surface area contributed by atoms with Crippen LogP contribution in [0.2, 0.25) is 0 Å². The van der Waals surface area contributed by atoms with Crippen molar-refractivity contribution in [3.05, 3.63) is 52.3 Å². The van der Waals surface area contributed by atoms with Gasteiger partial charge < -0.3 is 10.5 Å². The highest BCUT2D eigenvalue weighted by Crippen LogP contribution is 2.25. The van der Waals surface area contributed by atoms with Crippen molar-refractivity contribution >= 4 is 38.8 Å². The summed E-state index contributed by atoms with van der Waals surface area (Å²) < 4.78 is 8.27. The number of hydrogen-bond acceptors (Lipinski definition) is 5. The number of thiocarbonyl (C=S) groups is 1. The molecule has 8 heteroatoms. The van der Waals surface area contributed by atoms with Crippen LogP contribution in [-0.2, 0) is 11.2 Å². The van der Waals surface area contributed by atoms with E-state index in [0.29, 0.717) is 10.6 Å². The number of fused-ring (bicyclic) bond motifs is 1. The average molecular weight is 446 g/mol. The molecular weight excluding hydrogens is 426 g/mol. The number of morpholine rings is 1. The van der Waals surface area contributed by atoms with Crippen LogP contribution in [-0.4, -0.2) is 57.3 Å². The van der Waals surface area contributed by atoms with Crippen LogP contribution < -0.4 is 5.73 Å². The fraction of sp³-hybridized carbons (Fsp3) is 0.316. The molecule has 0 unspecified atom stereocenters. The second-order valence-electron chi connectivity index (χ2n) is 6.47. The Balaban J connectivity index is 1.71. The lowest BCUT2D eigenvalue weighted by atomic mass is 10.1. The van der Waals surface area contributed by atoms with E-state index in [-0.39, 0.29) is 0 Å². The summed E-state index contributed by atoms with van der Waals surface area (Å²) in [5, 5.41) is 4.76. The number of pyridine rings is 1. The van der Waals surface area contributed by atoms with E-state index >= 15 is 0 Å². The van der Waals surface area contributed by atoms with Gasteiger partial charge in [-0.25, -0.2) is 9.50 Å². The molecule has 1 aromatic carbocycles. The number of ether oxygens (including phenoxy) is 1. The van der Waals surface area contributed by atoms with Crippen LogP contribution in [0.15, 0.2) is 40.9 Å². The minimum Gasteiger partial charge on any atom is -0.389 e. The van der Waals surface area contributed by atoms with Crippen LogP contribution in [0.1, 0.15) is 11.4 Å². The Morgan fingerprint density at radius 1 is 1.22 bits per heavy atom. The van der Waals surface area contributed by atoms with Gasteiger partial charge in [-0.15, -0.1) is 0 Å². The molecule has 0 spiro atoms. The van der Waals surface area contributed by atoms with E-state index in [1.165, 1.54) is 0 Å². The van der Waals surface area contributed by atoms with Crippen LogP contribution >= 0.6 is 28.1 Å². The summed E-state index contributed by atoms with van der Waals surface area (Å²) in [5.41, 5.74) is 9.37. The highest BCUT2D eigenvalue weighted by Gasteiger charge is 2.16. The number of benzene rings is 1. The Morgan fingerprint density at radius 2 is 2.04 bits per heavy atom. The molecule has 0 atom stereocenters. The molecule has 0 amide bonds. The van der Waals surface area contributed by atoms with Gasteiger partial charge in [0, 0.05) is 36.1 Å². The first kappa shape index (κ1) is 18.5. The highest BCUT2D eigenvalue weighted by molar-refractivity contribution is 9.10. The third kappa shape index (κ3) is 4.03. The second kappa shape index (κ2) is 8.02. The Hall–Kier alpha value is -1.87. The summed E-state index contributed by atoms with van der Waals surface area (Å²) in [5.74, 6) is 0.793. The number of nitrogens with zero attached hydrogens (tertiary/aromatic N) is 4. The van der Waals surface area contributed by atoms with Crippen LogP contribution in [0.5, 0.6) is 0 Å². The van der Waals surface area contributed by atoms with E-state index in [1.54, 1.807) is 0 Å². The molecule has 27 heavy (non-hydrogen) atoms. The molecule has 140 valence electrons. The molecule has 0 saturated carbocycles. The Labute approximate surface area is 171 Å². The third-order valence-corrected chi connectivity index (χ3v) is 5.38. The van der Waals surface area contributed by atoms with Gasteiger partial charge in [-0.05, 0) is 24.3 Å². The number of nitrogens with two attached hydrogens (primary N) is 1. The maximum Gasteiger partial charge on any atom is 0.166 e. The van der Waals surface area contributed by atoms with Crippen molar-refractivity contribution in [1.82, 2.24) is 19.5 Å². The largest absolute Gasteiger partial charge is 0.389 e. The average Bonchev–Trinajstić information content (AvgIpc) is 3.10. The number of rotatable bonds is 5. The van der Waals surface area contributed by atoms with Crippen LogP contribution in [0.25, 0.3) is 16.9 Å². The maximum atomic E-state index is 5.91. The number of hydrogen-bond donors (Lipinski definition) is 1. The predicted octanol–water partition coefficient (Wildman–Crippen LogP) is 2.67. The van der Waals surface area contributed by atoms with Crippen LogP contribution in [0.4, 0.5) is 0 Å². The van der Waals surface area contributed by atoms with Crippen LogP contribution in [0.3, 0.4) is 0 Å². The molecule has 1 saturated heterocycles. The van der Waals surface area contributed by atoms with Gasteiger partial charge in [-0.2, -0.15) is 5.10 Å². The molecule has 1 fully saturated rings. The van der Waals surface area contributed by atoms with E-state index in [2.05, 4.69) is 33.0 Å². The Kier molecular flexibility index (Phi) is 5.49. The zero-order chi connectivity index (χ0) is 18.8. The van der Waals surface area contributed by atoms with Crippen molar-refractivity contribution in [2.75, 3.05) is 32.8 Å². The van der Waals surface area contributed by atoms with Gasteiger partial charge in [0.1, 0.15) is 4.99 Å². The zero-order valence-electron chi connectivity index (χ0n) is 14.8. The van der Waals surface area contributed by atoms with Gasteiger partial charge in [-0.1, -0.05) is 40.3 Å². The summed E-state index contributed by atoms with van der Waals surface area (Å²) >= 11 is 8.75. The molecule has 0 bridgehead atoms. The van der Waals surface area contributed by atoms with Gasteiger partial charge in [0.15, 0.2) is 11.5 Å². The fourth-order valence-corrected chi connectivity index (χ4v) is 3.81. The first-order chi connectivity index (χ1) is 13.1. The summed E-state index contributed by atoms with van der Waals surface area (Å²) in [4.78, 5) is 7.44. The number of halogens is 1. The minimum atomic E-state index is 0.327. The van der Waals surface area contributed by atoms with Crippen molar-refractivity contribution in [1.29, 1.82) is 0 Å². The maximum absolute atomic E-state index is 5.91. The summed E-state index contributed by atoms with van der Waals surface area (Å²) in [6.07, 6.45) is 0.774.